The van der Waals surface area contributed by atoms with Crippen LogP contribution in [0.15, 0.2) is 36.4 Å². The Morgan fingerprint density at radius 1 is 1.00 bits per heavy atom. The normalized spacial score (nSPS) is 10.7. The Hall–Kier alpha value is -1.70. The lowest BCUT2D eigenvalue weighted by Gasteiger charge is -2.07. The largest absolute Gasteiger partial charge is 0.291 e. The minimum atomic E-state index is -0.129. The Kier molecular flexibility index (Phi) is 4.46. The first-order valence-corrected chi connectivity index (χ1v) is 6.34. The van der Waals surface area contributed by atoms with Crippen LogP contribution in [0.25, 0.3) is 10.8 Å². The van der Waals surface area contributed by atoms with Crippen LogP contribution in [-0.2, 0) is 11.2 Å². The van der Waals surface area contributed by atoms with E-state index in [0.29, 0.717) is 6.42 Å². The molecule has 2 aromatic carbocycles. The van der Waals surface area contributed by atoms with E-state index < -0.39 is 0 Å². The zero-order valence-corrected chi connectivity index (χ0v) is 10.3. The molecule has 2 aromatic rings. The highest BCUT2D eigenvalue weighted by molar-refractivity contribution is 5.85. The molecule has 0 amide bonds. The summed E-state index contributed by atoms with van der Waals surface area (Å²) in [5, 5.41) is 2.08. The average Bonchev–Trinajstić information content (AvgIpc) is 2.41. The van der Waals surface area contributed by atoms with Gasteiger partial charge in [0.15, 0.2) is 6.29 Å². The van der Waals surface area contributed by atoms with Crippen molar-refractivity contribution in [1.82, 2.24) is 0 Å². The summed E-state index contributed by atoms with van der Waals surface area (Å²) in [7, 11) is 0. The van der Waals surface area contributed by atoms with Gasteiger partial charge in [-0.1, -0.05) is 36.8 Å². The molecule has 0 bridgehead atoms. The fourth-order valence-corrected chi connectivity index (χ4v) is 2.24. The van der Waals surface area contributed by atoms with E-state index in [0.717, 1.165) is 42.0 Å². The predicted octanol–water partition coefficient (Wildman–Crippen LogP) is 4.19. The van der Waals surface area contributed by atoms with Crippen molar-refractivity contribution in [2.45, 2.75) is 32.1 Å². The van der Waals surface area contributed by atoms with Crippen LogP contribution in [-0.4, -0.2) is 6.29 Å². The van der Waals surface area contributed by atoms with Gasteiger partial charge >= 0.3 is 0 Å². The van der Waals surface area contributed by atoms with E-state index in [2.05, 4.69) is 0 Å². The first kappa shape index (κ1) is 12.7. The van der Waals surface area contributed by atoms with Gasteiger partial charge in [0.05, 0.1) is 0 Å². The van der Waals surface area contributed by atoms with Crippen LogP contribution in [0.1, 0.15) is 31.2 Å². The van der Waals surface area contributed by atoms with E-state index in [1.807, 2.05) is 36.6 Å². The maximum Gasteiger partial charge on any atom is 0.198 e. The van der Waals surface area contributed by atoms with Crippen molar-refractivity contribution in [3.05, 3.63) is 47.8 Å². The summed E-state index contributed by atoms with van der Waals surface area (Å²) >= 11 is 0. The zero-order valence-electron chi connectivity index (χ0n) is 10.3. The zero-order chi connectivity index (χ0) is 12.8. The molecule has 18 heavy (non-hydrogen) atoms. The molecule has 0 saturated carbocycles. The van der Waals surface area contributed by atoms with Crippen LogP contribution in [0.4, 0.5) is 4.39 Å². The molecule has 1 radical (unpaired) electrons. The van der Waals surface area contributed by atoms with Gasteiger partial charge < -0.3 is 0 Å². The molecule has 0 heterocycles. The lowest BCUT2D eigenvalue weighted by molar-refractivity contribution is 0.544. The number of fused-ring (bicyclic) bond motifs is 1. The summed E-state index contributed by atoms with van der Waals surface area (Å²) in [4.78, 5) is 10.1. The third-order valence-electron chi connectivity index (χ3n) is 3.19. The number of aryl methyl sites for hydroxylation is 1. The summed E-state index contributed by atoms with van der Waals surface area (Å²) in [5.74, 6) is -0.129. The second-order valence-electron chi connectivity index (χ2n) is 4.45. The van der Waals surface area contributed by atoms with Gasteiger partial charge in [0.25, 0.3) is 0 Å². The number of halogens is 1. The number of rotatable bonds is 6. The van der Waals surface area contributed by atoms with Crippen molar-refractivity contribution in [1.29, 1.82) is 0 Å². The summed E-state index contributed by atoms with van der Waals surface area (Å²) in [6.45, 7) is 0. The van der Waals surface area contributed by atoms with Gasteiger partial charge in [-0.05, 0) is 41.7 Å². The Bertz CT molecular complexity index is 534. The van der Waals surface area contributed by atoms with Gasteiger partial charge in [-0.15, -0.1) is 0 Å². The second kappa shape index (κ2) is 6.29. The van der Waals surface area contributed by atoms with E-state index >= 15 is 0 Å². The molecule has 0 saturated heterocycles. The number of carbonyl (C=O) groups excluding carboxylic acids is 1. The molecule has 0 aliphatic heterocycles. The van der Waals surface area contributed by atoms with Gasteiger partial charge in [-0.3, -0.25) is 4.79 Å². The average molecular weight is 243 g/mol. The molecule has 2 rings (SSSR count). The molecule has 0 unspecified atom stereocenters. The van der Waals surface area contributed by atoms with E-state index in [9.17, 15) is 9.18 Å². The van der Waals surface area contributed by atoms with E-state index in [1.165, 1.54) is 6.07 Å². The summed E-state index contributed by atoms with van der Waals surface area (Å²) in [6.07, 6.45) is 5.79. The van der Waals surface area contributed by atoms with Crippen molar-refractivity contribution >= 4 is 17.1 Å². The molecule has 0 fully saturated rings. The third-order valence-corrected chi connectivity index (χ3v) is 3.19. The summed E-state index contributed by atoms with van der Waals surface area (Å²) in [6, 6.07) is 11.2. The monoisotopic (exact) mass is 243 g/mol. The van der Waals surface area contributed by atoms with E-state index in [1.54, 1.807) is 0 Å². The molecular weight excluding hydrogens is 227 g/mol. The SMILES string of the molecule is O=[C]CCCCCc1c(F)ccc2ccccc12. The van der Waals surface area contributed by atoms with Crippen LogP contribution in [0, 0.1) is 5.82 Å². The Balaban J connectivity index is 2.11. The topological polar surface area (TPSA) is 17.1 Å². The van der Waals surface area contributed by atoms with Gasteiger partial charge in [-0.25, -0.2) is 4.39 Å². The van der Waals surface area contributed by atoms with Gasteiger partial charge in [-0.2, -0.15) is 0 Å². The molecular formula is C16H16FO. The van der Waals surface area contributed by atoms with Crippen LogP contribution >= 0.6 is 0 Å². The summed E-state index contributed by atoms with van der Waals surface area (Å²) in [5.41, 5.74) is 0.795. The number of unbranched alkanes of at least 4 members (excludes halogenated alkanes) is 3. The Labute approximate surface area is 107 Å². The highest BCUT2D eigenvalue weighted by Gasteiger charge is 2.06. The minimum Gasteiger partial charge on any atom is -0.291 e. The van der Waals surface area contributed by atoms with Crippen LogP contribution in [0.5, 0.6) is 0 Å². The molecule has 2 heteroatoms. The van der Waals surface area contributed by atoms with Crippen molar-refractivity contribution in [3.8, 4) is 0 Å². The van der Waals surface area contributed by atoms with Gasteiger partial charge in [0, 0.05) is 6.42 Å². The lowest BCUT2D eigenvalue weighted by atomic mass is 9.99. The molecule has 0 aromatic heterocycles. The first-order valence-electron chi connectivity index (χ1n) is 6.34. The quantitative estimate of drug-likeness (QED) is 0.695. The number of benzene rings is 2. The van der Waals surface area contributed by atoms with E-state index in [4.69, 9.17) is 0 Å². The van der Waals surface area contributed by atoms with Crippen LogP contribution in [0.2, 0.25) is 0 Å². The molecule has 0 spiro atoms. The van der Waals surface area contributed by atoms with E-state index in [-0.39, 0.29) is 5.82 Å². The molecule has 0 N–H and O–H groups in total. The third kappa shape index (κ3) is 2.95. The molecule has 0 aliphatic carbocycles. The number of hydrogen-bond donors (Lipinski definition) is 0. The lowest BCUT2D eigenvalue weighted by Crippen LogP contribution is -1.93. The smallest absolute Gasteiger partial charge is 0.198 e. The second-order valence-corrected chi connectivity index (χ2v) is 4.45. The molecule has 0 aliphatic rings. The van der Waals surface area contributed by atoms with Gasteiger partial charge in [0.1, 0.15) is 5.82 Å². The standard InChI is InChI=1S/C16H16FO/c17-16-11-10-13-7-4-5-8-14(13)15(16)9-3-1-2-6-12-18/h4-5,7-8,10-11H,1-3,6,9H2. The van der Waals surface area contributed by atoms with Crippen molar-refractivity contribution in [2.24, 2.45) is 0 Å². The molecule has 93 valence electrons. The minimum absolute atomic E-state index is 0.129. The molecule has 0 atom stereocenters. The summed E-state index contributed by atoms with van der Waals surface area (Å²) < 4.78 is 13.8. The highest BCUT2D eigenvalue weighted by Crippen LogP contribution is 2.23. The Morgan fingerprint density at radius 2 is 1.83 bits per heavy atom. The van der Waals surface area contributed by atoms with Crippen molar-refractivity contribution in [2.75, 3.05) is 0 Å². The van der Waals surface area contributed by atoms with Crippen molar-refractivity contribution < 1.29 is 9.18 Å². The van der Waals surface area contributed by atoms with Gasteiger partial charge in [0.2, 0.25) is 0 Å². The van der Waals surface area contributed by atoms with Crippen LogP contribution in [0.3, 0.4) is 0 Å². The fourth-order valence-electron chi connectivity index (χ4n) is 2.24. The van der Waals surface area contributed by atoms with Crippen molar-refractivity contribution in [3.63, 3.8) is 0 Å². The predicted molar refractivity (Wildman–Crippen MR) is 71.8 cm³/mol. The molecule has 1 nitrogen and oxygen atoms in total. The highest BCUT2D eigenvalue weighted by atomic mass is 19.1. The maximum absolute atomic E-state index is 13.8. The maximum atomic E-state index is 13.8. The Morgan fingerprint density at radius 3 is 2.67 bits per heavy atom. The fraction of sp³-hybridized carbons (Fsp3) is 0.312. The first-order chi connectivity index (χ1) is 8.83. The number of hydrogen-bond acceptors (Lipinski definition) is 1. The van der Waals surface area contributed by atoms with Crippen LogP contribution < -0.4 is 0 Å².